The van der Waals surface area contributed by atoms with Gasteiger partial charge in [-0.1, -0.05) is 32.8 Å². The van der Waals surface area contributed by atoms with E-state index in [1.165, 1.54) is 12.8 Å². The molecule has 0 saturated heterocycles. The molecule has 0 aliphatic carbocycles. The molecule has 1 heterocycles. The van der Waals surface area contributed by atoms with Gasteiger partial charge in [0.05, 0.1) is 5.69 Å². The van der Waals surface area contributed by atoms with Crippen molar-refractivity contribution in [2.45, 2.75) is 39.5 Å². The van der Waals surface area contributed by atoms with Gasteiger partial charge in [0.2, 0.25) is 0 Å². The highest BCUT2D eigenvalue weighted by atomic mass is 16.4. The van der Waals surface area contributed by atoms with Crippen molar-refractivity contribution in [3.05, 3.63) is 18.2 Å². The lowest BCUT2D eigenvalue weighted by Gasteiger charge is -2.19. The number of rotatable bonds is 7. The van der Waals surface area contributed by atoms with Gasteiger partial charge in [-0.3, -0.25) is 0 Å². The second-order valence-corrected chi connectivity index (χ2v) is 4.88. The van der Waals surface area contributed by atoms with Crippen LogP contribution in [0.3, 0.4) is 0 Å². The van der Waals surface area contributed by atoms with E-state index in [0.717, 1.165) is 37.0 Å². The maximum Gasteiger partial charge on any atom is 0.298 e. The molecule has 104 valence electrons. The van der Waals surface area contributed by atoms with Crippen LogP contribution < -0.4 is 10.6 Å². The van der Waals surface area contributed by atoms with Gasteiger partial charge in [0, 0.05) is 13.1 Å². The monoisotopic (exact) mass is 261 g/mol. The summed E-state index contributed by atoms with van der Waals surface area (Å²) in [6, 6.07) is 6.38. The van der Waals surface area contributed by atoms with Crippen LogP contribution in [0.5, 0.6) is 0 Å². The minimum atomic E-state index is 0.679. The Labute approximate surface area is 114 Å². The third kappa shape index (κ3) is 3.19. The van der Waals surface area contributed by atoms with Crippen LogP contribution in [-0.4, -0.2) is 18.1 Å². The van der Waals surface area contributed by atoms with E-state index in [-0.39, 0.29) is 0 Å². The molecule has 0 atom stereocenters. The number of hydrogen-bond acceptors (Lipinski definition) is 4. The lowest BCUT2D eigenvalue weighted by molar-refractivity contribution is 0.549. The van der Waals surface area contributed by atoms with Gasteiger partial charge >= 0.3 is 0 Å². The minimum absolute atomic E-state index is 0.679. The molecule has 0 aliphatic heterocycles. The van der Waals surface area contributed by atoms with Crippen molar-refractivity contribution in [2.75, 3.05) is 23.7 Å². The molecule has 0 aliphatic rings. The molecule has 2 rings (SSSR count). The summed E-state index contributed by atoms with van der Waals surface area (Å²) in [7, 11) is 0. The molecule has 0 spiro atoms. The number of fused-ring (bicyclic) bond motifs is 1. The molecule has 1 aromatic carbocycles. The highest BCUT2D eigenvalue weighted by Crippen LogP contribution is 2.26. The first-order valence-corrected chi connectivity index (χ1v) is 7.16. The summed E-state index contributed by atoms with van der Waals surface area (Å²) in [6.07, 6.45) is 4.64. The van der Waals surface area contributed by atoms with Crippen molar-refractivity contribution < 1.29 is 4.42 Å². The first-order valence-electron chi connectivity index (χ1n) is 7.16. The van der Waals surface area contributed by atoms with Crippen molar-refractivity contribution >= 4 is 22.8 Å². The van der Waals surface area contributed by atoms with Crippen LogP contribution in [0, 0.1) is 0 Å². The molecule has 2 N–H and O–H groups in total. The Morgan fingerprint density at radius 1 is 1.16 bits per heavy atom. The number of para-hydroxylation sites is 1. The lowest BCUT2D eigenvalue weighted by Crippen LogP contribution is -2.25. The number of nitrogen functional groups attached to an aromatic ring is 1. The van der Waals surface area contributed by atoms with E-state index < -0.39 is 0 Å². The molecule has 2 aromatic rings. The number of hydrogen-bond donors (Lipinski definition) is 1. The number of aromatic nitrogens is 1. The second-order valence-electron chi connectivity index (χ2n) is 4.88. The normalized spacial score (nSPS) is 11.1. The molecular formula is C15H23N3O. The van der Waals surface area contributed by atoms with E-state index in [4.69, 9.17) is 10.2 Å². The van der Waals surface area contributed by atoms with Gasteiger partial charge < -0.3 is 15.1 Å². The number of benzene rings is 1. The SMILES string of the molecule is CCCCN(CCCC)c1nc2c(N)cccc2o1. The average Bonchev–Trinajstić information content (AvgIpc) is 2.84. The average molecular weight is 261 g/mol. The summed E-state index contributed by atoms with van der Waals surface area (Å²) < 4.78 is 5.84. The second kappa shape index (κ2) is 6.45. The van der Waals surface area contributed by atoms with E-state index in [1.807, 2.05) is 18.2 Å². The Kier molecular flexibility index (Phi) is 4.66. The Balaban J connectivity index is 2.24. The van der Waals surface area contributed by atoms with Gasteiger partial charge in [0.15, 0.2) is 5.58 Å². The fourth-order valence-electron chi connectivity index (χ4n) is 2.09. The van der Waals surface area contributed by atoms with E-state index >= 15 is 0 Å². The molecule has 1 aromatic heterocycles. The van der Waals surface area contributed by atoms with Crippen LogP contribution in [0.2, 0.25) is 0 Å². The molecule has 4 heteroatoms. The van der Waals surface area contributed by atoms with Crippen LogP contribution in [-0.2, 0) is 0 Å². The topological polar surface area (TPSA) is 55.3 Å². The van der Waals surface area contributed by atoms with Crippen LogP contribution in [0.1, 0.15) is 39.5 Å². The standard InChI is InChI=1S/C15H23N3O/c1-3-5-10-18(11-6-4-2)15-17-14-12(16)8-7-9-13(14)19-15/h7-9H,3-6,10-11,16H2,1-2H3. The van der Waals surface area contributed by atoms with Crippen molar-refractivity contribution in [2.24, 2.45) is 0 Å². The number of nitrogens with two attached hydrogens (primary N) is 1. The molecule has 0 bridgehead atoms. The largest absolute Gasteiger partial charge is 0.423 e. The van der Waals surface area contributed by atoms with Crippen LogP contribution in [0.4, 0.5) is 11.7 Å². The van der Waals surface area contributed by atoms with Gasteiger partial charge in [-0.05, 0) is 25.0 Å². The number of anilines is 2. The highest BCUT2D eigenvalue weighted by molar-refractivity contribution is 5.86. The molecule has 0 radical (unpaired) electrons. The predicted molar refractivity (Wildman–Crippen MR) is 80.5 cm³/mol. The smallest absolute Gasteiger partial charge is 0.298 e. The summed E-state index contributed by atoms with van der Waals surface area (Å²) in [5, 5.41) is 0. The zero-order chi connectivity index (χ0) is 13.7. The van der Waals surface area contributed by atoms with Crippen LogP contribution >= 0.6 is 0 Å². The van der Waals surface area contributed by atoms with Crippen molar-refractivity contribution in [3.8, 4) is 0 Å². The number of nitrogens with zero attached hydrogens (tertiary/aromatic N) is 2. The number of unbranched alkanes of at least 4 members (excludes halogenated alkanes) is 2. The first-order chi connectivity index (χ1) is 9.26. The molecule has 0 fully saturated rings. The zero-order valence-corrected chi connectivity index (χ0v) is 11.9. The molecule has 4 nitrogen and oxygen atoms in total. The lowest BCUT2D eigenvalue weighted by atomic mass is 10.3. The van der Waals surface area contributed by atoms with Crippen molar-refractivity contribution in [1.82, 2.24) is 4.98 Å². The first kappa shape index (κ1) is 13.7. The Hall–Kier alpha value is -1.71. The molecule has 19 heavy (non-hydrogen) atoms. The van der Waals surface area contributed by atoms with Gasteiger partial charge in [-0.15, -0.1) is 0 Å². The van der Waals surface area contributed by atoms with Gasteiger partial charge in [-0.25, -0.2) is 0 Å². The van der Waals surface area contributed by atoms with Crippen LogP contribution in [0.15, 0.2) is 22.6 Å². The minimum Gasteiger partial charge on any atom is -0.423 e. The Bertz CT molecular complexity index is 513. The van der Waals surface area contributed by atoms with E-state index in [2.05, 4.69) is 23.7 Å². The zero-order valence-electron chi connectivity index (χ0n) is 11.9. The van der Waals surface area contributed by atoms with Gasteiger partial charge in [0.25, 0.3) is 6.01 Å². The summed E-state index contributed by atoms with van der Waals surface area (Å²) in [5.74, 6) is 0. The fourth-order valence-corrected chi connectivity index (χ4v) is 2.09. The molecular weight excluding hydrogens is 238 g/mol. The van der Waals surface area contributed by atoms with Crippen molar-refractivity contribution in [1.29, 1.82) is 0 Å². The summed E-state index contributed by atoms with van der Waals surface area (Å²) in [6.45, 7) is 6.37. The van der Waals surface area contributed by atoms with Gasteiger partial charge in [-0.2, -0.15) is 4.98 Å². The Morgan fingerprint density at radius 3 is 2.42 bits per heavy atom. The molecule has 0 amide bonds. The van der Waals surface area contributed by atoms with E-state index in [1.54, 1.807) is 0 Å². The summed E-state index contributed by atoms with van der Waals surface area (Å²) in [4.78, 5) is 6.78. The number of oxazole rings is 1. The Morgan fingerprint density at radius 2 is 1.84 bits per heavy atom. The van der Waals surface area contributed by atoms with Crippen molar-refractivity contribution in [3.63, 3.8) is 0 Å². The third-order valence-electron chi connectivity index (χ3n) is 3.27. The van der Waals surface area contributed by atoms with Gasteiger partial charge in [0.1, 0.15) is 5.52 Å². The summed E-state index contributed by atoms with van der Waals surface area (Å²) in [5.41, 5.74) is 8.15. The quantitative estimate of drug-likeness (QED) is 0.770. The van der Waals surface area contributed by atoms with E-state index in [9.17, 15) is 0 Å². The van der Waals surface area contributed by atoms with E-state index in [0.29, 0.717) is 11.7 Å². The molecule has 0 unspecified atom stereocenters. The predicted octanol–water partition coefficient (Wildman–Crippen LogP) is 3.82. The summed E-state index contributed by atoms with van der Waals surface area (Å²) >= 11 is 0. The fraction of sp³-hybridized carbons (Fsp3) is 0.533. The van der Waals surface area contributed by atoms with Crippen LogP contribution in [0.25, 0.3) is 11.1 Å². The maximum absolute atomic E-state index is 5.93. The third-order valence-corrected chi connectivity index (χ3v) is 3.27. The molecule has 0 saturated carbocycles. The maximum atomic E-state index is 5.93. The highest BCUT2D eigenvalue weighted by Gasteiger charge is 2.14.